The molecule has 0 bridgehead atoms. The Labute approximate surface area is 268 Å². The number of fused-ring (bicyclic) bond motifs is 2. The normalized spacial score (nSPS) is 19.9. The number of likely N-dealkylation sites (tertiary alicyclic amines) is 3. The Balaban J connectivity index is 1.05. The highest BCUT2D eigenvalue weighted by atomic mass is 19.1. The molecule has 2 aromatic heterocycles. The van der Waals surface area contributed by atoms with Crippen LogP contribution >= 0.6 is 0 Å². The number of amides is 3. The van der Waals surface area contributed by atoms with Crippen molar-refractivity contribution in [1.82, 2.24) is 34.3 Å². The number of hydrogen-bond acceptors (Lipinski definition) is 5. The third-order valence-corrected chi connectivity index (χ3v) is 10.5. The summed E-state index contributed by atoms with van der Waals surface area (Å²) in [6, 6.07) is 9.09. The number of benzene rings is 2. The summed E-state index contributed by atoms with van der Waals surface area (Å²) in [4.78, 5) is 44.3. The molecule has 0 aliphatic carbocycles. The molecule has 7 rings (SSSR count). The zero-order valence-electron chi connectivity index (χ0n) is 26.9. The van der Waals surface area contributed by atoms with E-state index in [0.29, 0.717) is 64.1 Å². The predicted molar refractivity (Wildman–Crippen MR) is 173 cm³/mol. The van der Waals surface area contributed by atoms with Crippen LogP contribution in [0.5, 0.6) is 0 Å². The molecule has 3 aliphatic rings. The minimum Gasteiger partial charge on any atom is -0.342 e. The van der Waals surface area contributed by atoms with Gasteiger partial charge in [0.25, 0.3) is 0 Å². The van der Waals surface area contributed by atoms with Gasteiger partial charge >= 0.3 is 0 Å². The van der Waals surface area contributed by atoms with Crippen LogP contribution in [0.3, 0.4) is 0 Å². The molecule has 1 unspecified atom stereocenters. The first-order chi connectivity index (χ1) is 22.2. The molecule has 3 amide bonds. The molecule has 10 nitrogen and oxygen atoms in total. The van der Waals surface area contributed by atoms with E-state index in [1.54, 1.807) is 21.8 Å². The lowest BCUT2D eigenvalue weighted by Crippen LogP contribution is -2.51. The van der Waals surface area contributed by atoms with Crippen LogP contribution in [-0.2, 0) is 28.0 Å². The highest BCUT2D eigenvalue weighted by molar-refractivity contribution is 5.99. The number of carbonyl (C=O) groups excluding carboxylic acids is 3. The van der Waals surface area contributed by atoms with Gasteiger partial charge in [0, 0.05) is 81.4 Å². The number of carbonyl (C=O) groups is 3. The van der Waals surface area contributed by atoms with Crippen molar-refractivity contribution in [3.05, 3.63) is 48.0 Å². The number of aromatic nitrogens is 4. The first-order valence-electron chi connectivity index (χ1n) is 16.7. The van der Waals surface area contributed by atoms with E-state index in [1.807, 2.05) is 39.7 Å². The Kier molecular flexibility index (Phi) is 8.02. The van der Waals surface area contributed by atoms with E-state index in [2.05, 4.69) is 18.1 Å². The molecule has 0 saturated carbocycles. The van der Waals surface area contributed by atoms with Gasteiger partial charge in [0.2, 0.25) is 17.7 Å². The number of rotatable bonds is 5. The van der Waals surface area contributed by atoms with E-state index in [1.165, 1.54) is 6.92 Å². The quantitative estimate of drug-likeness (QED) is 0.320. The topological polar surface area (TPSA) is 96.6 Å². The Morgan fingerprint density at radius 2 is 1.61 bits per heavy atom. The van der Waals surface area contributed by atoms with Crippen LogP contribution in [0.2, 0.25) is 0 Å². The molecule has 46 heavy (non-hydrogen) atoms. The van der Waals surface area contributed by atoms with Gasteiger partial charge in [0.05, 0.1) is 22.9 Å². The number of piperidine rings is 2. The first kappa shape index (κ1) is 30.4. The average Bonchev–Trinajstić information content (AvgIpc) is 3.81. The van der Waals surface area contributed by atoms with Crippen LogP contribution < -0.4 is 0 Å². The third-order valence-electron chi connectivity index (χ3n) is 10.5. The molecule has 242 valence electrons. The van der Waals surface area contributed by atoms with Gasteiger partial charge in [-0.25, -0.2) is 4.39 Å². The average molecular weight is 628 g/mol. The second kappa shape index (κ2) is 12.1. The second-order valence-electron chi connectivity index (χ2n) is 13.1. The Bertz CT molecular complexity index is 1810. The summed E-state index contributed by atoms with van der Waals surface area (Å²) < 4.78 is 19.3. The molecule has 3 aliphatic heterocycles. The van der Waals surface area contributed by atoms with E-state index in [0.717, 1.165) is 52.3 Å². The molecule has 5 heterocycles. The standard InChI is InChI=1S/C35H42FN7O3/c1-4-43-29-8-5-7-26(27-20-31-25(19-28(27)36)21-37-39(31)3)32(29)33(38-43)23-10-15-40(16-11-23)34(45)24-12-17-41(18-13-24)35(46)30-9-6-14-42(30)22(2)44/h5,7-8,19-21,23-24,30H,4,6,9-18H2,1-3H3. The molecule has 4 aromatic rings. The summed E-state index contributed by atoms with van der Waals surface area (Å²) in [6.07, 6.45) is 6.14. The molecular weight excluding hydrogens is 585 g/mol. The fourth-order valence-electron chi connectivity index (χ4n) is 7.98. The summed E-state index contributed by atoms with van der Waals surface area (Å²) in [5.74, 6) is -0.0708. The summed E-state index contributed by atoms with van der Waals surface area (Å²) in [6.45, 7) is 7.35. The van der Waals surface area contributed by atoms with Crippen LogP contribution in [0.4, 0.5) is 4.39 Å². The summed E-state index contributed by atoms with van der Waals surface area (Å²) in [5.41, 5.74) is 4.21. The van der Waals surface area contributed by atoms with E-state index in [9.17, 15) is 14.4 Å². The minimum atomic E-state index is -0.355. The van der Waals surface area contributed by atoms with Crippen molar-refractivity contribution < 1.29 is 18.8 Å². The van der Waals surface area contributed by atoms with Gasteiger partial charge in [-0.05, 0) is 69.2 Å². The number of aryl methyl sites for hydroxylation is 2. The van der Waals surface area contributed by atoms with Gasteiger partial charge in [-0.1, -0.05) is 12.1 Å². The largest absolute Gasteiger partial charge is 0.342 e. The lowest BCUT2D eigenvalue weighted by molar-refractivity contribution is -0.146. The van der Waals surface area contributed by atoms with Crippen molar-refractivity contribution in [3.63, 3.8) is 0 Å². The van der Waals surface area contributed by atoms with E-state index < -0.39 is 0 Å². The summed E-state index contributed by atoms with van der Waals surface area (Å²) >= 11 is 0. The molecule has 0 radical (unpaired) electrons. The summed E-state index contributed by atoms with van der Waals surface area (Å²) in [5, 5.41) is 11.1. The van der Waals surface area contributed by atoms with Crippen molar-refractivity contribution >= 4 is 39.5 Å². The molecule has 3 saturated heterocycles. The highest BCUT2D eigenvalue weighted by Crippen LogP contribution is 2.40. The highest BCUT2D eigenvalue weighted by Gasteiger charge is 2.38. The third kappa shape index (κ3) is 5.23. The zero-order valence-corrected chi connectivity index (χ0v) is 26.9. The van der Waals surface area contributed by atoms with Crippen molar-refractivity contribution in [2.45, 2.75) is 70.9 Å². The van der Waals surface area contributed by atoms with Crippen molar-refractivity contribution in [2.24, 2.45) is 13.0 Å². The maximum absolute atomic E-state index is 15.6. The maximum Gasteiger partial charge on any atom is 0.245 e. The summed E-state index contributed by atoms with van der Waals surface area (Å²) in [7, 11) is 1.86. The monoisotopic (exact) mass is 627 g/mol. The van der Waals surface area contributed by atoms with Crippen LogP contribution in [0, 0.1) is 11.7 Å². The number of hydrogen-bond donors (Lipinski definition) is 0. The van der Waals surface area contributed by atoms with Crippen molar-refractivity contribution in [3.8, 4) is 11.1 Å². The van der Waals surface area contributed by atoms with Crippen molar-refractivity contribution in [2.75, 3.05) is 32.7 Å². The fraction of sp³-hybridized carbons (Fsp3) is 0.514. The lowest BCUT2D eigenvalue weighted by Gasteiger charge is -2.38. The van der Waals surface area contributed by atoms with Crippen molar-refractivity contribution in [1.29, 1.82) is 0 Å². The molecule has 11 heteroatoms. The first-order valence-corrected chi connectivity index (χ1v) is 16.7. The van der Waals surface area contributed by atoms with Gasteiger partial charge in [-0.2, -0.15) is 10.2 Å². The SMILES string of the molecule is CCn1nc(C2CCN(C(=O)C3CCN(C(=O)C4CCCN4C(C)=O)CC3)CC2)c2c(-c3cc4c(cnn4C)cc3F)cccc21. The van der Waals surface area contributed by atoms with Gasteiger partial charge < -0.3 is 14.7 Å². The van der Waals surface area contributed by atoms with Gasteiger partial charge in [0.15, 0.2) is 0 Å². The van der Waals surface area contributed by atoms with Gasteiger partial charge in [-0.15, -0.1) is 0 Å². The smallest absolute Gasteiger partial charge is 0.245 e. The number of nitrogens with zero attached hydrogens (tertiary/aromatic N) is 7. The molecule has 2 aromatic carbocycles. The fourth-order valence-corrected chi connectivity index (χ4v) is 7.98. The maximum atomic E-state index is 15.6. The molecular formula is C35H42FN7O3. The Morgan fingerprint density at radius 3 is 2.33 bits per heavy atom. The molecule has 0 N–H and O–H groups in total. The van der Waals surface area contributed by atoms with Crippen LogP contribution in [-0.4, -0.2) is 90.7 Å². The molecule has 3 fully saturated rings. The van der Waals surface area contributed by atoms with Gasteiger partial charge in [0.1, 0.15) is 11.9 Å². The van der Waals surface area contributed by atoms with E-state index >= 15 is 4.39 Å². The van der Waals surface area contributed by atoms with Crippen LogP contribution in [0.25, 0.3) is 32.9 Å². The minimum absolute atomic E-state index is 0.0256. The molecule has 0 spiro atoms. The Morgan fingerprint density at radius 1 is 0.891 bits per heavy atom. The van der Waals surface area contributed by atoms with E-state index in [-0.39, 0.29) is 41.4 Å². The zero-order chi connectivity index (χ0) is 32.1. The lowest BCUT2D eigenvalue weighted by atomic mass is 9.87. The van der Waals surface area contributed by atoms with Crippen LogP contribution in [0.1, 0.15) is 64.0 Å². The Hall–Kier alpha value is -4.28. The van der Waals surface area contributed by atoms with E-state index in [4.69, 9.17) is 5.10 Å². The van der Waals surface area contributed by atoms with Crippen LogP contribution in [0.15, 0.2) is 36.5 Å². The molecule has 1 atom stereocenters. The number of halogens is 1. The predicted octanol–water partition coefficient (Wildman–Crippen LogP) is 4.70. The van der Waals surface area contributed by atoms with Gasteiger partial charge in [-0.3, -0.25) is 23.7 Å². The second-order valence-corrected chi connectivity index (χ2v) is 13.1.